The van der Waals surface area contributed by atoms with Gasteiger partial charge in [-0.25, -0.2) is 4.98 Å². The average molecular weight is 280 g/mol. The fraction of sp³-hybridized carbons (Fsp3) is 0.412. The Kier molecular flexibility index (Phi) is 3.76. The molecule has 1 saturated heterocycles. The lowest BCUT2D eigenvalue weighted by atomic mass is 10.1. The van der Waals surface area contributed by atoms with Crippen LogP contribution in [0.1, 0.15) is 18.9 Å². The molecule has 1 fully saturated rings. The fourth-order valence-corrected chi connectivity index (χ4v) is 3.11. The molecule has 21 heavy (non-hydrogen) atoms. The summed E-state index contributed by atoms with van der Waals surface area (Å²) in [4.78, 5) is 9.47. The van der Waals surface area contributed by atoms with Gasteiger partial charge in [0.15, 0.2) is 0 Å². The highest BCUT2D eigenvalue weighted by atomic mass is 15.3. The third-order valence-electron chi connectivity index (χ3n) is 4.16. The van der Waals surface area contributed by atoms with Crippen LogP contribution in [0.3, 0.4) is 0 Å². The largest absolute Gasteiger partial charge is 0.353 e. The van der Waals surface area contributed by atoms with Gasteiger partial charge in [-0.15, -0.1) is 0 Å². The monoisotopic (exact) mass is 280 g/mol. The SMILES string of the molecule is CC1CN(C)CCCN1c1cc(C#N)c2ccccc2n1. The zero-order chi connectivity index (χ0) is 14.8. The Morgan fingerprint density at radius 1 is 1.29 bits per heavy atom. The van der Waals surface area contributed by atoms with Crippen molar-refractivity contribution in [1.82, 2.24) is 9.88 Å². The number of benzene rings is 1. The summed E-state index contributed by atoms with van der Waals surface area (Å²) in [7, 11) is 2.16. The number of nitrogens with zero attached hydrogens (tertiary/aromatic N) is 4. The molecule has 1 unspecified atom stereocenters. The van der Waals surface area contributed by atoms with E-state index in [2.05, 4.69) is 29.8 Å². The van der Waals surface area contributed by atoms with E-state index >= 15 is 0 Å². The minimum Gasteiger partial charge on any atom is -0.353 e. The number of para-hydroxylation sites is 1. The summed E-state index contributed by atoms with van der Waals surface area (Å²) in [5.74, 6) is 0.924. The number of hydrogen-bond donors (Lipinski definition) is 0. The molecule has 1 aromatic heterocycles. The van der Waals surface area contributed by atoms with E-state index < -0.39 is 0 Å². The molecule has 4 heteroatoms. The van der Waals surface area contributed by atoms with Gasteiger partial charge in [-0.3, -0.25) is 0 Å². The number of hydrogen-bond acceptors (Lipinski definition) is 4. The Hall–Kier alpha value is -2.12. The minimum atomic E-state index is 0.401. The lowest BCUT2D eigenvalue weighted by Gasteiger charge is -2.29. The van der Waals surface area contributed by atoms with E-state index in [0.29, 0.717) is 11.6 Å². The van der Waals surface area contributed by atoms with Gasteiger partial charge in [0.1, 0.15) is 5.82 Å². The molecule has 0 saturated carbocycles. The fourth-order valence-electron chi connectivity index (χ4n) is 3.11. The van der Waals surface area contributed by atoms with E-state index in [4.69, 9.17) is 4.98 Å². The molecule has 0 N–H and O–H groups in total. The van der Waals surface area contributed by atoms with Crippen LogP contribution in [0.25, 0.3) is 10.9 Å². The zero-order valence-corrected chi connectivity index (χ0v) is 12.6. The number of likely N-dealkylation sites (N-methyl/N-ethyl adjacent to an activating group) is 1. The molecule has 0 radical (unpaired) electrons. The molecule has 1 atom stereocenters. The van der Waals surface area contributed by atoms with E-state index in [-0.39, 0.29) is 0 Å². The molecule has 1 aromatic carbocycles. The predicted octanol–water partition coefficient (Wildman–Crippen LogP) is 2.64. The molecule has 2 aromatic rings. The van der Waals surface area contributed by atoms with Crippen molar-refractivity contribution in [3.8, 4) is 6.07 Å². The second kappa shape index (κ2) is 5.71. The van der Waals surface area contributed by atoms with Crippen LogP contribution in [0.2, 0.25) is 0 Å². The van der Waals surface area contributed by atoms with Gasteiger partial charge in [-0.2, -0.15) is 5.26 Å². The summed E-state index contributed by atoms with van der Waals surface area (Å²) in [5, 5.41) is 10.4. The van der Waals surface area contributed by atoms with Crippen LogP contribution in [-0.2, 0) is 0 Å². The first-order valence-corrected chi connectivity index (χ1v) is 7.44. The lowest BCUT2D eigenvalue weighted by molar-refractivity contribution is 0.337. The van der Waals surface area contributed by atoms with Gasteiger partial charge in [0.2, 0.25) is 0 Å². The van der Waals surface area contributed by atoms with Crippen LogP contribution in [0.15, 0.2) is 30.3 Å². The normalized spacial score (nSPS) is 20.2. The Balaban J connectivity index is 2.06. The van der Waals surface area contributed by atoms with Crippen molar-refractivity contribution >= 4 is 16.7 Å². The van der Waals surface area contributed by atoms with E-state index in [1.165, 1.54) is 0 Å². The average Bonchev–Trinajstić information content (AvgIpc) is 2.66. The van der Waals surface area contributed by atoms with Crippen LogP contribution in [0.4, 0.5) is 5.82 Å². The molecule has 0 amide bonds. The van der Waals surface area contributed by atoms with Gasteiger partial charge in [0.25, 0.3) is 0 Å². The van der Waals surface area contributed by atoms with Crippen molar-refractivity contribution in [2.45, 2.75) is 19.4 Å². The highest BCUT2D eigenvalue weighted by Crippen LogP contribution is 2.25. The van der Waals surface area contributed by atoms with Crippen molar-refractivity contribution in [1.29, 1.82) is 5.26 Å². The summed E-state index contributed by atoms with van der Waals surface area (Å²) in [6, 6.07) is 12.5. The van der Waals surface area contributed by atoms with Crippen molar-refractivity contribution in [2.24, 2.45) is 0 Å². The van der Waals surface area contributed by atoms with Gasteiger partial charge >= 0.3 is 0 Å². The maximum absolute atomic E-state index is 9.42. The molecule has 108 valence electrons. The molecule has 0 spiro atoms. The lowest BCUT2D eigenvalue weighted by Crippen LogP contribution is -2.38. The molecule has 0 aliphatic carbocycles. The quantitative estimate of drug-likeness (QED) is 0.805. The van der Waals surface area contributed by atoms with Crippen molar-refractivity contribution < 1.29 is 0 Å². The second-order valence-corrected chi connectivity index (χ2v) is 5.82. The molecule has 0 bridgehead atoms. The van der Waals surface area contributed by atoms with Gasteiger partial charge in [0.05, 0.1) is 17.1 Å². The molecule has 2 heterocycles. The van der Waals surface area contributed by atoms with Crippen LogP contribution < -0.4 is 4.90 Å². The van der Waals surface area contributed by atoms with E-state index in [9.17, 15) is 5.26 Å². The third-order valence-corrected chi connectivity index (χ3v) is 4.16. The van der Waals surface area contributed by atoms with Crippen LogP contribution in [-0.4, -0.2) is 42.6 Å². The predicted molar refractivity (Wildman–Crippen MR) is 85.4 cm³/mol. The topological polar surface area (TPSA) is 43.2 Å². The van der Waals surface area contributed by atoms with Gasteiger partial charge in [0, 0.05) is 24.5 Å². The summed E-state index contributed by atoms with van der Waals surface area (Å²) >= 11 is 0. The first-order chi connectivity index (χ1) is 10.2. The first-order valence-electron chi connectivity index (χ1n) is 7.44. The zero-order valence-electron chi connectivity index (χ0n) is 12.6. The Bertz CT molecular complexity index is 689. The molecule has 1 aliphatic heterocycles. The van der Waals surface area contributed by atoms with Crippen molar-refractivity contribution in [3.05, 3.63) is 35.9 Å². The number of rotatable bonds is 1. The number of aromatic nitrogens is 1. The number of fused-ring (bicyclic) bond motifs is 1. The molecule has 3 rings (SSSR count). The van der Waals surface area contributed by atoms with Crippen molar-refractivity contribution in [3.63, 3.8) is 0 Å². The number of nitriles is 1. The highest BCUT2D eigenvalue weighted by molar-refractivity contribution is 5.86. The Morgan fingerprint density at radius 3 is 2.90 bits per heavy atom. The second-order valence-electron chi connectivity index (χ2n) is 5.82. The Morgan fingerprint density at radius 2 is 2.10 bits per heavy atom. The van der Waals surface area contributed by atoms with Gasteiger partial charge < -0.3 is 9.80 Å². The molecular weight excluding hydrogens is 260 g/mol. The maximum Gasteiger partial charge on any atom is 0.130 e. The van der Waals surface area contributed by atoms with Crippen molar-refractivity contribution in [2.75, 3.05) is 31.6 Å². The summed E-state index contributed by atoms with van der Waals surface area (Å²) in [6.07, 6.45) is 1.12. The molecule has 1 aliphatic rings. The Labute approximate surface area is 125 Å². The van der Waals surface area contributed by atoms with E-state index in [0.717, 1.165) is 42.8 Å². The van der Waals surface area contributed by atoms with Gasteiger partial charge in [-0.1, -0.05) is 18.2 Å². The molecule has 4 nitrogen and oxygen atoms in total. The smallest absolute Gasteiger partial charge is 0.130 e. The minimum absolute atomic E-state index is 0.401. The highest BCUT2D eigenvalue weighted by Gasteiger charge is 2.21. The number of pyridine rings is 1. The summed E-state index contributed by atoms with van der Waals surface area (Å²) in [6.45, 7) is 5.35. The maximum atomic E-state index is 9.42. The standard InChI is InChI=1S/C17H20N4/c1-13-12-20(2)8-5-9-21(13)17-10-14(11-18)15-6-3-4-7-16(15)19-17/h3-4,6-7,10,13H,5,8-9,12H2,1-2H3. The first kappa shape index (κ1) is 13.8. The summed E-state index contributed by atoms with van der Waals surface area (Å²) < 4.78 is 0. The summed E-state index contributed by atoms with van der Waals surface area (Å²) in [5.41, 5.74) is 1.61. The van der Waals surface area contributed by atoms with Gasteiger partial charge in [-0.05, 0) is 39.1 Å². The van der Waals surface area contributed by atoms with E-state index in [1.54, 1.807) is 0 Å². The third kappa shape index (κ3) is 2.70. The van der Waals surface area contributed by atoms with Crippen LogP contribution in [0, 0.1) is 11.3 Å². The van der Waals surface area contributed by atoms with Crippen LogP contribution >= 0.6 is 0 Å². The molecular formula is C17H20N4. The number of anilines is 1. The van der Waals surface area contributed by atoms with Crippen LogP contribution in [0.5, 0.6) is 0 Å². The van der Waals surface area contributed by atoms with E-state index in [1.807, 2.05) is 30.3 Å².